The van der Waals surface area contributed by atoms with Gasteiger partial charge in [-0.25, -0.2) is 0 Å². The number of benzene rings is 1. The fraction of sp³-hybridized carbons (Fsp3) is 0.333. The van der Waals surface area contributed by atoms with Crippen LogP contribution in [0.3, 0.4) is 0 Å². The Kier molecular flexibility index (Phi) is 12.4. The van der Waals surface area contributed by atoms with Crippen LogP contribution in [-0.4, -0.2) is 14.2 Å². The Morgan fingerprint density at radius 3 is 1.88 bits per heavy atom. The maximum absolute atomic E-state index is 10.5. The Labute approximate surface area is 122 Å². The van der Waals surface area contributed by atoms with E-state index in [-0.39, 0.29) is 4.58 Å². The molecule has 0 saturated heterocycles. The van der Waals surface area contributed by atoms with Gasteiger partial charge < -0.3 is 8.37 Å². The molecule has 0 saturated carbocycles. The lowest BCUT2D eigenvalue weighted by Crippen LogP contribution is -1.77. The Morgan fingerprint density at radius 1 is 1.12 bits per heavy atom. The van der Waals surface area contributed by atoms with E-state index in [0.717, 1.165) is 28.9 Å². The topological polar surface area (TPSA) is 35.5 Å². The van der Waals surface area contributed by atoms with E-state index in [0.29, 0.717) is 0 Å². The van der Waals surface area contributed by atoms with E-state index in [1.807, 2.05) is 30.3 Å². The number of thiol groups is 2. The van der Waals surface area contributed by atoms with Gasteiger partial charge in [-0.15, -0.1) is 0 Å². The quantitative estimate of drug-likeness (QED) is 0.359. The van der Waals surface area contributed by atoms with Crippen molar-refractivity contribution in [2.24, 2.45) is 0 Å². The van der Waals surface area contributed by atoms with Gasteiger partial charge in [-0.1, -0.05) is 30.3 Å². The van der Waals surface area contributed by atoms with Gasteiger partial charge >= 0.3 is 0 Å². The maximum atomic E-state index is 10.5. The van der Waals surface area contributed by atoms with Gasteiger partial charge in [0.1, 0.15) is 0 Å². The minimum atomic E-state index is -1.75. The van der Waals surface area contributed by atoms with Crippen LogP contribution in [0, 0.1) is 0 Å². The van der Waals surface area contributed by atoms with Crippen LogP contribution in [0.4, 0.5) is 0 Å². The maximum Gasteiger partial charge on any atom is 0.231 e. The van der Waals surface area contributed by atoms with Crippen molar-refractivity contribution in [3.63, 3.8) is 0 Å². The van der Waals surface area contributed by atoms with Gasteiger partial charge in [-0.2, -0.15) is 25.3 Å². The first-order valence-corrected chi connectivity index (χ1v) is 9.85. The predicted molar refractivity (Wildman–Crippen MR) is 85.4 cm³/mol. The SMILES string of the molecule is COS[PH](=O)SOC.SC(S)c1ccccc1. The van der Waals surface area contributed by atoms with Crippen molar-refractivity contribution in [2.45, 2.75) is 4.58 Å². The zero-order valence-corrected chi connectivity index (χ0v) is 13.8. The first-order valence-electron chi connectivity index (χ1n) is 4.48. The van der Waals surface area contributed by atoms with E-state index < -0.39 is 6.20 Å². The lowest BCUT2D eigenvalue weighted by molar-refractivity contribution is 0.491. The minimum Gasteiger partial charge on any atom is -0.311 e. The molecule has 0 atom stereocenters. The molecule has 0 bridgehead atoms. The lowest BCUT2D eigenvalue weighted by atomic mass is 10.2. The van der Waals surface area contributed by atoms with Crippen LogP contribution in [0.5, 0.6) is 0 Å². The zero-order chi connectivity index (χ0) is 13.1. The van der Waals surface area contributed by atoms with Gasteiger partial charge in [0.15, 0.2) is 0 Å². The van der Waals surface area contributed by atoms with Gasteiger partial charge in [0.05, 0.1) is 42.1 Å². The molecule has 0 aliphatic rings. The molecule has 0 amide bonds. The Bertz CT molecular complexity index is 302. The third-order valence-electron chi connectivity index (χ3n) is 1.40. The molecule has 17 heavy (non-hydrogen) atoms. The summed E-state index contributed by atoms with van der Waals surface area (Å²) in [6.07, 6.45) is -1.75. The molecule has 1 rings (SSSR count). The fourth-order valence-corrected chi connectivity index (χ4v) is 3.79. The first kappa shape index (κ1) is 17.8. The predicted octanol–water partition coefficient (Wildman–Crippen LogP) is 4.51. The highest BCUT2D eigenvalue weighted by molar-refractivity contribution is 8.82. The summed E-state index contributed by atoms with van der Waals surface area (Å²) in [5.74, 6) is 0. The molecule has 8 heteroatoms. The standard InChI is InChI=1S/C7H8S2.C2H7O3PS2/c8-7(9)6-4-2-1-3-5-6;1-4-7-6(3)8-5-2/h1-5,7-9H;6H,1-2H3. The van der Waals surface area contributed by atoms with Crippen molar-refractivity contribution in [3.05, 3.63) is 35.9 Å². The molecule has 0 aromatic heterocycles. The van der Waals surface area contributed by atoms with Crippen LogP contribution in [0.25, 0.3) is 0 Å². The average molecular weight is 330 g/mol. The molecule has 0 radical (unpaired) electrons. The summed E-state index contributed by atoms with van der Waals surface area (Å²) in [6, 6.07) is 9.95. The Balaban J connectivity index is 0.000000304. The highest BCUT2D eigenvalue weighted by atomic mass is 33.1. The third-order valence-corrected chi connectivity index (χ3v) is 5.64. The fourth-order valence-electron chi connectivity index (χ4n) is 0.775. The first-order chi connectivity index (χ1) is 8.11. The van der Waals surface area contributed by atoms with Crippen molar-refractivity contribution in [1.82, 2.24) is 0 Å². The van der Waals surface area contributed by atoms with Gasteiger partial charge in [0.2, 0.25) is 6.20 Å². The highest BCUT2D eigenvalue weighted by Crippen LogP contribution is 2.50. The highest BCUT2D eigenvalue weighted by Gasteiger charge is 1.97. The Morgan fingerprint density at radius 2 is 1.59 bits per heavy atom. The number of hydrogen-bond donors (Lipinski definition) is 2. The van der Waals surface area contributed by atoms with Gasteiger partial charge in [0.25, 0.3) is 0 Å². The average Bonchev–Trinajstić information content (AvgIpc) is 2.32. The van der Waals surface area contributed by atoms with Crippen LogP contribution >= 0.6 is 54.8 Å². The molecule has 0 unspecified atom stereocenters. The summed E-state index contributed by atoms with van der Waals surface area (Å²) in [5, 5.41) is 0. The Hall–Kier alpha value is 0.770. The second-order valence-corrected chi connectivity index (χ2v) is 9.47. The van der Waals surface area contributed by atoms with Gasteiger partial charge in [-0.3, -0.25) is 4.57 Å². The van der Waals surface area contributed by atoms with E-state index >= 15 is 0 Å². The van der Waals surface area contributed by atoms with Crippen LogP contribution in [0.1, 0.15) is 10.1 Å². The molecule has 98 valence electrons. The molecule has 0 aliphatic carbocycles. The summed E-state index contributed by atoms with van der Waals surface area (Å²) < 4.78 is 19.6. The van der Waals surface area contributed by atoms with Gasteiger partial charge in [-0.05, 0) is 5.56 Å². The summed E-state index contributed by atoms with van der Waals surface area (Å²) in [6.45, 7) is 0. The van der Waals surface area contributed by atoms with E-state index in [1.54, 1.807) is 0 Å². The largest absolute Gasteiger partial charge is 0.311 e. The summed E-state index contributed by atoms with van der Waals surface area (Å²) in [7, 11) is 2.95. The van der Waals surface area contributed by atoms with Crippen molar-refractivity contribution < 1.29 is 12.9 Å². The van der Waals surface area contributed by atoms with E-state index in [9.17, 15) is 4.57 Å². The molecular weight excluding hydrogens is 315 g/mol. The molecule has 0 heterocycles. The number of rotatable bonds is 5. The molecule has 1 aromatic rings. The van der Waals surface area contributed by atoms with Crippen molar-refractivity contribution in [3.8, 4) is 0 Å². The molecule has 0 N–H and O–H groups in total. The molecular formula is C9H15O3PS4. The molecule has 1 aromatic carbocycles. The normalized spacial score (nSPS) is 10.2. The van der Waals surface area contributed by atoms with Crippen molar-refractivity contribution in [2.75, 3.05) is 14.2 Å². The zero-order valence-electron chi connectivity index (χ0n) is 9.40. The summed E-state index contributed by atoms with van der Waals surface area (Å²) in [4.78, 5) is 0. The molecule has 0 spiro atoms. The van der Waals surface area contributed by atoms with Gasteiger partial charge in [0, 0.05) is 0 Å². The second kappa shape index (κ2) is 11.8. The van der Waals surface area contributed by atoms with E-state index in [4.69, 9.17) is 0 Å². The third kappa shape index (κ3) is 10.4. The molecule has 3 nitrogen and oxygen atoms in total. The monoisotopic (exact) mass is 330 g/mol. The molecule has 0 aliphatic heterocycles. The molecule has 0 fully saturated rings. The van der Waals surface area contributed by atoms with Crippen molar-refractivity contribution in [1.29, 1.82) is 0 Å². The van der Waals surface area contributed by atoms with E-state index in [2.05, 4.69) is 33.6 Å². The van der Waals surface area contributed by atoms with Crippen LogP contribution in [-0.2, 0) is 12.9 Å². The van der Waals surface area contributed by atoms with Crippen LogP contribution in [0.15, 0.2) is 30.3 Å². The second-order valence-electron chi connectivity index (χ2n) is 2.53. The number of hydrogen-bond acceptors (Lipinski definition) is 7. The smallest absolute Gasteiger partial charge is 0.231 e. The van der Waals surface area contributed by atoms with Crippen LogP contribution in [0.2, 0.25) is 0 Å². The minimum absolute atomic E-state index is 0.0474. The van der Waals surface area contributed by atoms with Crippen LogP contribution < -0.4 is 0 Å². The van der Waals surface area contributed by atoms with Crippen molar-refractivity contribution >= 4 is 54.8 Å². The summed E-state index contributed by atoms with van der Waals surface area (Å²) in [5.41, 5.74) is 1.14. The van der Waals surface area contributed by atoms with E-state index in [1.165, 1.54) is 14.2 Å². The summed E-state index contributed by atoms with van der Waals surface area (Å²) >= 11 is 10.2. The lowest BCUT2D eigenvalue weighted by Gasteiger charge is -2.00.